The van der Waals surface area contributed by atoms with Gasteiger partial charge in [0, 0.05) is 50.1 Å². The Kier molecular flexibility index (Phi) is 6.38. The minimum Gasteiger partial charge on any atom is -0.384 e. The summed E-state index contributed by atoms with van der Waals surface area (Å²) in [6, 6.07) is 37.2. The smallest absolute Gasteiger partial charge is 0.0667 e. The summed E-state index contributed by atoms with van der Waals surface area (Å²) in [7, 11) is 0. The molecule has 56 heavy (non-hydrogen) atoms. The van der Waals surface area contributed by atoms with Crippen LogP contribution in [0.2, 0.25) is 0 Å². The zero-order chi connectivity index (χ0) is 36.5. The van der Waals surface area contributed by atoms with E-state index in [4.69, 9.17) is 0 Å². The zero-order valence-corrected chi connectivity index (χ0v) is 31.2. The maximum Gasteiger partial charge on any atom is 0.0667 e. The lowest BCUT2D eigenvalue weighted by atomic mass is 9.81. The number of nitrogens with one attached hydrogen (secondary N) is 1. The highest BCUT2D eigenvalue weighted by molar-refractivity contribution is 6.03. The molecule has 8 aromatic rings. The molecule has 0 saturated heterocycles. The highest BCUT2D eigenvalue weighted by atomic mass is 14.9. The van der Waals surface area contributed by atoms with Crippen molar-refractivity contribution in [2.75, 3.05) is 11.9 Å². The Morgan fingerprint density at radius 2 is 0.714 bits per heavy atom. The Morgan fingerprint density at radius 3 is 1.11 bits per heavy atom. The van der Waals surface area contributed by atoms with E-state index in [2.05, 4.69) is 117 Å². The maximum atomic E-state index is 4.53. The standard InChI is InChI=1S/C26H20N2.C26H18N2/c2*1-2-16-12-22-18(4-6-26-20(22)8-10-28-26)14-24(16)23-13-17-3-5-25-19(7-9-27-25)21(17)11-15(1)23/h3-6,9,11-14,28H,1-2,7-8,10H2;3-6,9-14H,1-2,7-8H2. The van der Waals surface area contributed by atoms with Crippen molar-refractivity contribution in [2.45, 2.75) is 51.4 Å². The van der Waals surface area contributed by atoms with E-state index in [1.54, 1.807) is 0 Å². The van der Waals surface area contributed by atoms with E-state index in [-0.39, 0.29) is 0 Å². The van der Waals surface area contributed by atoms with Crippen LogP contribution in [0, 0.1) is 0 Å². The number of benzene rings is 8. The number of anilines is 1. The monoisotopic (exact) mass is 718 g/mol. The lowest BCUT2D eigenvalue weighted by Crippen LogP contribution is -2.05. The molecule has 0 radical (unpaired) electrons. The molecule has 4 heterocycles. The third-order valence-corrected chi connectivity index (χ3v) is 13.5. The van der Waals surface area contributed by atoms with Gasteiger partial charge in [0.05, 0.1) is 17.1 Å². The van der Waals surface area contributed by atoms with Crippen molar-refractivity contribution in [1.82, 2.24) is 0 Å². The van der Waals surface area contributed by atoms with Gasteiger partial charge in [-0.1, -0.05) is 48.5 Å². The van der Waals surface area contributed by atoms with E-state index in [0.29, 0.717) is 0 Å². The van der Waals surface area contributed by atoms with Crippen LogP contribution in [-0.4, -0.2) is 25.2 Å². The molecule has 0 unspecified atom stereocenters. The molecule has 0 fully saturated rings. The largest absolute Gasteiger partial charge is 0.384 e. The molecule has 4 heteroatoms. The number of hydrogen-bond acceptors (Lipinski definition) is 4. The van der Waals surface area contributed by atoms with Gasteiger partial charge in [0.2, 0.25) is 0 Å². The van der Waals surface area contributed by atoms with Crippen molar-refractivity contribution < 1.29 is 0 Å². The molecule has 8 aromatic carbocycles. The summed E-state index contributed by atoms with van der Waals surface area (Å²) in [4.78, 5) is 13.6. The first-order valence-electron chi connectivity index (χ1n) is 20.4. The van der Waals surface area contributed by atoms with Gasteiger partial charge in [0.1, 0.15) is 0 Å². The summed E-state index contributed by atoms with van der Waals surface area (Å²) >= 11 is 0. The van der Waals surface area contributed by atoms with Gasteiger partial charge in [-0.2, -0.15) is 0 Å². The molecule has 0 saturated carbocycles. The van der Waals surface area contributed by atoms with Gasteiger partial charge in [0.25, 0.3) is 0 Å². The van der Waals surface area contributed by atoms with Crippen LogP contribution in [0.5, 0.6) is 0 Å². The number of nitrogens with zero attached hydrogens (tertiary/aromatic N) is 3. The van der Waals surface area contributed by atoms with Crippen molar-refractivity contribution in [3.8, 4) is 22.3 Å². The van der Waals surface area contributed by atoms with Crippen LogP contribution < -0.4 is 5.32 Å². The minimum atomic E-state index is 0.958. The number of fused-ring (bicyclic) bond motifs is 18. The second-order valence-corrected chi connectivity index (χ2v) is 16.4. The minimum absolute atomic E-state index is 0.958. The van der Waals surface area contributed by atoms with E-state index < -0.39 is 0 Å². The zero-order valence-electron chi connectivity index (χ0n) is 31.2. The van der Waals surface area contributed by atoms with Crippen molar-refractivity contribution in [1.29, 1.82) is 0 Å². The third-order valence-electron chi connectivity index (χ3n) is 13.5. The number of rotatable bonds is 0. The Hall–Kier alpha value is -6.39. The Balaban J connectivity index is 0.000000118. The fourth-order valence-electron chi connectivity index (χ4n) is 10.7. The van der Waals surface area contributed by atoms with Crippen LogP contribution in [0.3, 0.4) is 0 Å². The summed E-state index contributed by atoms with van der Waals surface area (Å²) < 4.78 is 0. The normalized spacial score (nSPS) is 15.9. The van der Waals surface area contributed by atoms with E-state index in [1.165, 1.54) is 116 Å². The first-order chi connectivity index (χ1) is 27.7. The van der Waals surface area contributed by atoms with Crippen LogP contribution in [0.15, 0.2) is 112 Å². The molecule has 0 aromatic heterocycles. The summed E-state index contributed by atoms with van der Waals surface area (Å²) in [6.07, 6.45) is 14.6. The molecule has 1 N–H and O–H groups in total. The van der Waals surface area contributed by atoms with Crippen LogP contribution in [-0.2, 0) is 51.4 Å². The lowest BCUT2D eigenvalue weighted by Gasteiger charge is -2.22. The third kappa shape index (κ3) is 4.50. The number of aryl methyl sites for hydroxylation is 4. The van der Waals surface area contributed by atoms with Crippen molar-refractivity contribution in [2.24, 2.45) is 15.0 Å². The van der Waals surface area contributed by atoms with Crippen LogP contribution in [0.25, 0.3) is 65.3 Å². The summed E-state index contributed by atoms with van der Waals surface area (Å²) in [6.45, 7) is 1.06. The molecule has 0 spiro atoms. The lowest BCUT2D eigenvalue weighted by molar-refractivity contribution is 0.946. The quantitative estimate of drug-likeness (QED) is 0.167. The summed E-state index contributed by atoms with van der Waals surface area (Å²) in [5.41, 5.74) is 22.1. The second kappa shape index (κ2) is 11.6. The summed E-state index contributed by atoms with van der Waals surface area (Å²) in [5, 5.41) is 14.5. The van der Waals surface area contributed by atoms with Crippen LogP contribution in [0.4, 0.5) is 22.7 Å². The van der Waals surface area contributed by atoms with Gasteiger partial charge >= 0.3 is 0 Å². The summed E-state index contributed by atoms with van der Waals surface area (Å²) in [5.74, 6) is 0. The highest BCUT2D eigenvalue weighted by Gasteiger charge is 2.24. The van der Waals surface area contributed by atoms with Gasteiger partial charge in [0.15, 0.2) is 0 Å². The molecule has 266 valence electrons. The predicted molar refractivity (Wildman–Crippen MR) is 236 cm³/mol. The molecule has 14 rings (SSSR count). The highest BCUT2D eigenvalue weighted by Crippen LogP contribution is 2.45. The number of hydrogen-bond donors (Lipinski definition) is 1. The van der Waals surface area contributed by atoms with E-state index in [1.807, 2.05) is 18.6 Å². The first kappa shape index (κ1) is 30.9. The van der Waals surface area contributed by atoms with Crippen LogP contribution in [0.1, 0.15) is 44.5 Å². The van der Waals surface area contributed by atoms with E-state index in [9.17, 15) is 0 Å². The molecule has 6 aliphatic rings. The van der Waals surface area contributed by atoms with E-state index in [0.717, 1.165) is 75.0 Å². The first-order valence-corrected chi connectivity index (χ1v) is 20.4. The Morgan fingerprint density at radius 1 is 0.357 bits per heavy atom. The second-order valence-electron chi connectivity index (χ2n) is 16.4. The topological polar surface area (TPSA) is 49.1 Å². The van der Waals surface area contributed by atoms with Gasteiger partial charge < -0.3 is 5.32 Å². The van der Waals surface area contributed by atoms with Crippen LogP contribution >= 0.6 is 0 Å². The van der Waals surface area contributed by atoms with E-state index >= 15 is 0 Å². The SMILES string of the molecule is C1=Nc2ccc3cc4c(cc3c2C1)CCc1cc2c3c(ccc2cc1-4)N=CC3.C1=Nc2ccc3cc4c(cc3c2C1)CCc1cc2c3c(ccc2cc1-4)NCC3. The molecular weight excluding hydrogens is 681 g/mol. The predicted octanol–water partition coefficient (Wildman–Crippen LogP) is 12.3. The average molecular weight is 719 g/mol. The Labute approximate surface area is 325 Å². The fourth-order valence-corrected chi connectivity index (χ4v) is 10.7. The van der Waals surface area contributed by atoms with Gasteiger partial charge in [-0.05, 0) is 190 Å². The molecule has 0 atom stereocenters. The van der Waals surface area contributed by atoms with Gasteiger partial charge in [-0.25, -0.2) is 0 Å². The number of aliphatic imine (C=N–C) groups is 3. The fraction of sp³-hybridized carbons (Fsp3) is 0.173. The van der Waals surface area contributed by atoms with Crippen molar-refractivity contribution in [3.63, 3.8) is 0 Å². The molecule has 4 aliphatic heterocycles. The van der Waals surface area contributed by atoms with Gasteiger partial charge in [-0.15, -0.1) is 0 Å². The molecule has 0 bridgehead atoms. The van der Waals surface area contributed by atoms with Crippen molar-refractivity contribution in [3.05, 3.63) is 142 Å². The Bertz CT molecular complexity index is 2850. The average Bonchev–Trinajstić information content (AvgIpc) is 4.08. The maximum absolute atomic E-state index is 4.53. The molecule has 2 aliphatic carbocycles. The molecular formula is C52H38N4. The molecule has 4 nitrogen and oxygen atoms in total. The molecule has 0 amide bonds. The van der Waals surface area contributed by atoms with Crippen molar-refractivity contribution >= 4 is 84.5 Å². The van der Waals surface area contributed by atoms with Gasteiger partial charge in [-0.3, -0.25) is 15.0 Å².